The second kappa shape index (κ2) is 6.38. The van der Waals surface area contributed by atoms with E-state index in [-0.39, 0.29) is 17.8 Å². The van der Waals surface area contributed by atoms with Gasteiger partial charge in [-0.2, -0.15) is 0 Å². The van der Waals surface area contributed by atoms with Crippen molar-refractivity contribution in [1.82, 2.24) is 4.90 Å². The molecule has 0 saturated carbocycles. The molecular weight excluding hydrogens is 282 g/mol. The Hall–Kier alpha value is -2.04. The Balaban J connectivity index is 2.00. The minimum atomic E-state index is -0.522. The summed E-state index contributed by atoms with van der Waals surface area (Å²) in [7, 11) is 1.57. The van der Waals surface area contributed by atoms with Crippen molar-refractivity contribution in [1.29, 1.82) is 0 Å². The Kier molecular flexibility index (Phi) is 4.74. The highest BCUT2D eigenvalue weighted by atomic mass is 16.6. The number of carbonyl (C=O) groups is 2. The first-order chi connectivity index (χ1) is 10.3. The SMILES string of the molecule is COc1cccc(C(=O)[C@H]2CCN(C(=O)OC(C)(C)C)C2)c1. The number of carbonyl (C=O) groups excluding carboxylic acids is 2. The number of likely N-dealkylation sites (tertiary alicyclic amines) is 1. The van der Waals surface area contributed by atoms with Gasteiger partial charge in [0, 0.05) is 24.6 Å². The molecule has 1 aliphatic rings. The number of methoxy groups -OCH3 is 1. The van der Waals surface area contributed by atoms with Crippen LogP contribution in [0.1, 0.15) is 37.6 Å². The number of nitrogens with zero attached hydrogens (tertiary/aromatic N) is 1. The van der Waals surface area contributed by atoms with Crippen LogP contribution in [-0.2, 0) is 4.74 Å². The summed E-state index contributed by atoms with van der Waals surface area (Å²) in [6.07, 6.45) is 0.309. The van der Waals surface area contributed by atoms with Gasteiger partial charge in [0.05, 0.1) is 7.11 Å². The maximum Gasteiger partial charge on any atom is 0.410 e. The molecule has 0 aliphatic carbocycles. The van der Waals surface area contributed by atoms with E-state index in [0.29, 0.717) is 30.8 Å². The number of Topliss-reactive ketones (excluding diaryl/α,β-unsaturated/α-hetero) is 1. The van der Waals surface area contributed by atoms with Crippen LogP contribution >= 0.6 is 0 Å². The van der Waals surface area contributed by atoms with E-state index in [1.165, 1.54) is 0 Å². The molecule has 0 radical (unpaired) electrons. The van der Waals surface area contributed by atoms with Gasteiger partial charge in [-0.05, 0) is 39.3 Å². The molecule has 0 spiro atoms. The fourth-order valence-electron chi connectivity index (χ4n) is 2.48. The summed E-state index contributed by atoms with van der Waals surface area (Å²) in [6.45, 7) is 6.46. The lowest BCUT2D eigenvalue weighted by atomic mass is 9.97. The second-order valence-corrected chi connectivity index (χ2v) is 6.51. The summed E-state index contributed by atoms with van der Waals surface area (Å²) in [5, 5.41) is 0. The third-order valence-electron chi connectivity index (χ3n) is 3.56. The number of hydrogen-bond acceptors (Lipinski definition) is 4. The Bertz CT molecular complexity index is 562. The van der Waals surface area contributed by atoms with Crippen molar-refractivity contribution in [2.75, 3.05) is 20.2 Å². The highest BCUT2D eigenvalue weighted by Gasteiger charge is 2.33. The summed E-state index contributed by atoms with van der Waals surface area (Å²) >= 11 is 0. The molecule has 2 rings (SSSR count). The third kappa shape index (κ3) is 4.00. The lowest BCUT2D eigenvalue weighted by Gasteiger charge is -2.24. The fourth-order valence-corrected chi connectivity index (χ4v) is 2.48. The molecule has 22 heavy (non-hydrogen) atoms. The molecule has 1 aromatic carbocycles. The van der Waals surface area contributed by atoms with Crippen molar-refractivity contribution in [2.45, 2.75) is 32.8 Å². The predicted molar refractivity (Wildman–Crippen MR) is 83.2 cm³/mol. The predicted octanol–water partition coefficient (Wildman–Crippen LogP) is 3.13. The average Bonchev–Trinajstić information content (AvgIpc) is 2.94. The van der Waals surface area contributed by atoms with Crippen LogP contribution in [-0.4, -0.2) is 42.6 Å². The molecule has 1 aliphatic heterocycles. The first kappa shape index (κ1) is 16.3. The molecule has 0 unspecified atom stereocenters. The molecule has 0 N–H and O–H groups in total. The van der Waals surface area contributed by atoms with Crippen LogP contribution in [0.25, 0.3) is 0 Å². The number of ketones is 1. The van der Waals surface area contributed by atoms with E-state index in [2.05, 4.69) is 0 Å². The van der Waals surface area contributed by atoms with Gasteiger partial charge in [-0.1, -0.05) is 12.1 Å². The van der Waals surface area contributed by atoms with E-state index < -0.39 is 5.60 Å². The summed E-state index contributed by atoms with van der Waals surface area (Å²) < 4.78 is 10.5. The normalized spacial score (nSPS) is 18.2. The minimum Gasteiger partial charge on any atom is -0.497 e. The first-order valence-electron chi connectivity index (χ1n) is 7.46. The van der Waals surface area contributed by atoms with Gasteiger partial charge in [0.2, 0.25) is 0 Å². The zero-order valence-corrected chi connectivity index (χ0v) is 13.6. The number of amides is 1. The molecule has 1 atom stereocenters. The summed E-state index contributed by atoms with van der Waals surface area (Å²) in [6, 6.07) is 7.12. The van der Waals surface area contributed by atoms with Crippen molar-refractivity contribution in [3.63, 3.8) is 0 Å². The van der Waals surface area contributed by atoms with Crippen molar-refractivity contribution >= 4 is 11.9 Å². The van der Waals surface area contributed by atoms with Gasteiger partial charge >= 0.3 is 6.09 Å². The van der Waals surface area contributed by atoms with Crippen LogP contribution in [0.3, 0.4) is 0 Å². The molecular formula is C17H23NO4. The summed E-state index contributed by atoms with van der Waals surface area (Å²) in [5.74, 6) is 0.525. The van der Waals surface area contributed by atoms with Crippen LogP contribution < -0.4 is 4.74 Å². The molecule has 5 heteroatoms. The molecule has 0 bridgehead atoms. The number of rotatable bonds is 3. The lowest BCUT2D eigenvalue weighted by molar-refractivity contribution is 0.0289. The van der Waals surface area contributed by atoms with Gasteiger partial charge in [0.25, 0.3) is 0 Å². The van der Waals surface area contributed by atoms with E-state index in [9.17, 15) is 9.59 Å². The Morgan fingerprint density at radius 2 is 2.00 bits per heavy atom. The highest BCUT2D eigenvalue weighted by Crippen LogP contribution is 2.24. The molecule has 1 fully saturated rings. The van der Waals surface area contributed by atoms with E-state index in [1.807, 2.05) is 20.8 Å². The Morgan fingerprint density at radius 3 is 2.64 bits per heavy atom. The van der Waals surface area contributed by atoms with Crippen molar-refractivity contribution in [3.8, 4) is 5.75 Å². The van der Waals surface area contributed by atoms with Crippen LogP contribution in [0.15, 0.2) is 24.3 Å². The Morgan fingerprint density at radius 1 is 1.27 bits per heavy atom. The van der Waals surface area contributed by atoms with Gasteiger partial charge < -0.3 is 14.4 Å². The van der Waals surface area contributed by atoms with Gasteiger partial charge in [-0.25, -0.2) is 4.79 Å². The maximum atomic E-state index is 12.5. The van der Waals surface area contributed by atoms with E-state index >= 15 is 0 Å². The van der Waals surface area contributed by atoms with Crippen molar-refractivity contribution < 1.29 is 19.1 Å². The summed E-state index contributed by atoms with van der Waals surface area (Å²) in [4.78, 5) is 26.2. The number of benzene rings is 1. The van der Waals surface area contributed by atoms with Gasteiger partial charge in [0.1, 0.15) is 11.4 Å². The van der Waals surface area contributed by atoms with Crippen molar-refractivity contribution in [2.24, 2.45) is 5.92 Å². The molecule has 1 heterocycles. The molecule has 1 aromatic rings. The topological polar surface area (TPSA) is 55.8 Å². The number of ether oxygens (including phenoxy) is 2. The standard InChI is InChI=1S/C17H23NO4/c1-17(2,3)22-16(20)18-9-8-13(11-18)15(19)12-6-5-7-14(10-12)21-4/h5-7,10,13H,8-9,11H2,1-4H3/t13-/m0/s1. The van der Waals surface area contributed by atoms with Crippen LogP contribution in [0.2, 0.25) is 0 Å². The first-order valence-corrected chi connectivity index (χ1v) is 7.46. The number of hydrogen-bond donors (Lipinski definition) is 0. The zero-order valence-electron chi connectivity index (χ0n) is 13.6. The largest absolute Gasteiger partial charge is 0.497 e. The molecule has 5 nitrogen and oxygen atoms in total. The van der Waals surface area contributed by atoms with Crippen LogP contribution in [0.4, 0.5) is 4.79 Å². The van der Waals surface area contributed by atoms with E-state index in [0.717, 1.165) is 0 Å². The summed E-state index contributed by atoms with van der Waals surface area (Å²) in [5.41, 5.74) is 0.0989. The lowest BCUT2D eigenvalue weighted by Crippen LogP contribution is -2.35. The maximum absolute atomic E-state index is 12.5. The van der Waals surface area contributed by atoms with Gasteiger partial charge in [0.15, 0.2) is 5.78 Å². The smallest absolute Gasteiger partial charge is 0.410 e. The van der Waals surface area contributed by atoms with Crippen molar-refractivity contribution in [3.05, 3.63) is 29.8 Å². The quantitative estimate of drug-likeness (QED) is 0.805. The highest BCUT2D eigenvalue weighted by molar-refractivity contribution is 5.98. The third-order valence-corrected chi connectivity index (χ3v) is 3.56. The molecule has 1 saturated heterocycles. The van der Waals surface area contributed by atoms with Gasteiger partial charge in [-0.3, -0.25) is 4.79 Å². The zero-order chi connectivity index (χ0) is 16.3. The van der Waals surface area contributed by atoms with E-state index in [1.54, 1.807) is 36.3 Å². The molecule has 0 aromatic heterocycles. The van der Waals surface area contributed by atoms with Crippen LogP contribution in [0, 0.1) is 5.92 Å². The van der Waals surface area contributed by atoms with E-state index in [4.69, 9.17) is 9.47 Å². The molecule has 1 amide bonds. The van der Waals surface area contributed by atoms with Gasteiger partial charge in [-0.15, -0.1) is 0 Å². The monoisotopic (exact) mass is 305 g/mol. The van der Waals surface area contributed by atoms with Crippen LogP contribution in [0.5, 0.6) is 5.75 Å². The molecule has 120 valence electrons. The average molecular weight is 305 g/mol. The fraction of sp³-hybridized carbons (Fsp3) is 0.529. The minimum absolute atomic E-state index is 0.0463. The Labute approximate surface area is 131 Å². The second-order valence-electron chi connectivity index (χ2n) is 6.51.